The molecule has 1 heterocycles. The lowest BCUT2D eigenvalue weighted by Crippen LogP contribution is -2.55. The van der Waals surface area contributed by atoms with Crippen LogP contribution < -0.4 is 0 Å². The third-order valence-corrected chi connectivity index (χ3v) is 7.94. The maximum atomic E-state index is 11.8. The summed E-state index contributed by atoms with van der Waals surface area (Å²) < 4.78 is 11.4. The predicted molar refractivity (Wildman–Crippen MR) is 105 cm³/mol. The van der Waals surface area contributed by atoms with Crippen molar-refractivity contribution in [2.45, 2.75) is 55.8 Å². The van der Waals surface area contributed by atoms with Gasteiger partial charge < -0.3 is 9.47 Å². The van der Waals surface area contributed by atoms with Gasteiger partial charge in [-0.25, -0.2) is 0 Å². The normalized spacial score (nSPS) is 29.2. The summed E-state index contributed by atoms with van der Waals surface area (Å²) in [6.07, 6.45) is -1.15. The van der Waals surface area contributed by atoms with Crippen LogP contribution >= 0.6 is 47.0 Å². The standard InChI is InChI=1S/C15H22O6S4/c1-7(16)22-6-11-12(23-8(2)17)13(24-9(3)18)14(25-10(4)19)15(20-5)21-11/h11-15H,6H2,1-5H3/t11-,12-,13-,14-,15+/m1/s1. The summed E-state index contributed by atoms with van der Waals surface area (Å²) in [6.45, 7) is 5.81. The molecule has 1 fully saturated rings. The van der Waals surface area contributed by atoms with Crippen molar-refractivity contribution >= 4 is 67.5 Å². The van der Waals surface area contributed by atoms with E-state index in [1.54, 1.807) is 0 Å². The number of methoxy groups -OCH3 is 1. The van der Waals surface area contributed by atoms with E-state index >= 15 is 0 Å². The van der Waals surface area contributed by atoms with E-state index in [1.807, 2.05) is 0 Å². The summed E-state index contributed by atoms with van der Waals surface area (Å²) in [5.41, 5.74) is 0. The molecular weight excluding hydrogens is 404 g/mol. The number of carbonyl (C=O) groups excluding carboxylic acids is 4. The van der Waals surface area contributed by atoms with Crippen LogP contribution in [-0.2, 0) is 28.7 Å². The Labute approximate surface area is 164 Å². The summed E-state index contributed by atoms with van der Waals surface area (Å²) in [5.74, 6) is 0.354. The molecule has 25 heavy (non-hydrogen) atoms. The van der Waals surface area contributed by atoms with Gasteiger partial charge in [-0.05, 0) is 0 Å². The molecule has 6 nitrogen and oxygen atoms in total. The second-order valence-electron chi connectivity index (χ2n) is 5.30. The summed E-state index contributed by atoms with van der Waals surface area (Å²) in [6, 6.07) is 0. The van der Waals surface area contributed by atoms with Crippen LogP contribution in [0, 0.1) is 0 Å². The van der Waals surface area contributed by atoms with Gasteiger partial charge in [-0.1, -0.05) is 47.0 Å². The molecule has 0 bridgehead atoms. The highest BCUT2D eigenvalue weighted by atomic mass is 32.2. The molecule has 1 rings (SSSR count). The van der Waals surface area contributed by atoms with Crippen molar-refractivity contribution < 1.29 is 28.7 Å². The second kappa shape index (κ2) is 11.0. The summed E-state index contributed by atoms with van der Waals surface area (Å²) >= 11 is 4.34. The molecule has 1 aliphatic rings. The fourth-order valence-electron chi connectivity index (χ4n) is 2.38. The minimum Gasteiger partial charge on any atom is -0.355 e. The van der Waals surface area contributed by atoms with Crippen molar-refractivity contribution in [3.8, 4) is 0 Å². The molecule has 0 saturated carbocycles. The van der Waals surface area contributed by atoms with Gasteiger partial charge in [0, 0.05) is 45.8 Å². The zero-order chi connectivity index (χ0) is 19.1. The Morgan fingerprint density at radius 3 is 1.72 bits per heavy atom. The number of carbonyl (C=O) groups is 4. The van der Waals surface area contributed by atoms with Crippen molar-refractivity contribution in [3.63, 3.8) is 0 Å². The van der Waals surface area contributed by atoms with Gasteiger partial charge in [-0.15, -0.1) is 0 Å². The lowest BCUT2D eigenvalue weighted by molar-refractivity contribution is -0.165. The first kappa shape index (κ1) is 23.0. The number of thioether (sulfide) groups is 4. The van der Waals surface area contributed by atoms with Crippen molar-refractivity contribution in [1.82, 2.24) is 0 Å². The zero-order valence-electron chi connectivity index (χ0n) is 14.7. The Morgan fingerprint density at radius 2 is 1.28 bits per heavy atom. The monoisotopic (exact) mass is 426 g/mol. The fourth-order valence-corrected chi connectivity index (χ4v) is 6.88. The lowest BCUT2D eigenvalue weighted by Gasteiger charge is -2.44. The molecule has 1 aliphatic heterocycles. The average Bonchev–Trinajstić information content (AvgIpc) is 2.48. The van der Waals surface area contributed by atoms with Crippen LogP contribution in [0.5, 0.6) is 0 Å². The second-order valence-corrected chi connectivity index (χ2v) is 10.6. The summed E-state index contributed by atoms with van der Waals surface area (Å²) in [5, 5.41) is -1.52. The van der Waals surface area contributed by atoms with Crippen molar-refractivity contribution in [2.75, 3.05) is 12.9 Å². The minimum absolute atomic E-state index is 0.0554. The predicted octanol–water partition coefficient (Wildman–Crippen LogP) is 2.58. The van der Waals surface area contributed by atoms with Crippen LogP contribution in [-0.4, -0.2) is 61.5 Å². The zero-order valence-corrected chi connectivity index (χ0v) is 17.9. The Bertz CT molecular complexity index is 526. The molecular formula is C15H22O6S4. The average molecular weight is 427 g/mol. The van der Waals surface area contributed by atoms with Crippen LogP contribution in [0.25, 0.3) is 0 Å². The highest BCUT2D eigenvalue weighted by Crippen LogP contribution is 2.43. The molecule has 0 unspecified atom stereocenters. The van der Waals surface area contributed by atoms with Gasteiger partial charge in [-0.2, -0.15) is 0 Å². The lowest BCUT2D eigenvalue weighted by atomic mass is 10.1. The van der Waals surface area contributed by atoms with Crippen LogP contribution in [0.1, 0.15) is 27.7 Å². The molecule has 5 atom stereocenters. The van der Waals surface area contributed by atoms with E-state index in [9.17, 15) is 19.2 Å². The van der Waals surface area contributed by atoms with Gasteiger partial charge >= 0.3 is 0 Å². The molecule has 0 aromatic rings. The molecule has 10 heteroatoms. The Balaban J connectivity index is 3.18. The van der Waals surface area contributed by atoms with E-state index in [-0.39, 0.29) is 31.0 Å². The first-order valence-electron chi connectivity index (χ1n) is 7.49. The van der Waals surface area contributed by atoms with E-state index in [0.29, 0.717) is 5.75 Å². The maximum absolute atomic E-state index is 11.8. The Kier molecular flexibility index (Phi) is 10.1. The van der Waals surface area contributed by atoms with Gasteiger partial charge in [0.2, 0.25) is 0 Å². The van der Waals surface area contributed by atoms with Crippen LogP contribution in [0.4, 0.5) is 0 Å². The van der Waals surface area contributed by atoms with E-state index in [2.05, 4.69) is 0 Å². The molecule has 1 saturated heterocycles. The molecule has 0 amide bonds. The van der Waals surface area contributed by atoms with Gasteiger partial charge in [0.15, 0.2) is 26.8 Å². The largest absolute Gasteiger partial charge is 0.355 e. The fraction of sp³-hybridized carbons (Fsp3) is 0.733. The summed E-state index contributed by atoms with van der Waals surface area (Å²) in [7, 11) is 1.47. The van der Waals surface area contributed by atoms with E-state index in [0.717, 1.165) is 47.0 Å². The molecule has 0 aliphatic carbocycles. The summed E-state index contributed by atoms with van der Waals surface area (Å²) in [4.78, 5) is 46.5. The van der Waals surface area contributed by atoms with Crippen LogP contribution in [0.15, 0.2) is 0 Å². The smallest absolute Gasteiger partial charge is 0.186 e. The SMILES string of the molecule is CO[C@H]1O[C@H](CSC(C)=O)[C@@H](SC(C)=O)[C@@H](SC(C)=O)[C@H]1SC(C)=O. The highest BCUT2D eigenvalue weighted by Gasteiger charge is 2.48. The molecule has 0 aromatic heterocycles. The van der Waals surface area contributed by atoms with Crippen molar-refractivity contribution in [3.05, 3.63) is 0 Å². The molecule has 0 aromatic carbocycles. The molecule has 0 radical (unpaired) electrons. The number of rotatable bonds is 6. The van der Waals surface area contributed by atoms with Gasteiger partial charge in [0.05, 0.1) is 16.6 Å². The Morgan fingerprint density at radius 1 is 0.800 bits per heavy atom. The van der Waals surface area contributed by atoms with Crippen molar-refractivity contribution in [1.29, 1.82) is 0 Å². The number of ether oxygens (including phenoxy) is 2. The molecule has 142 valence electrons. The quantitative estimate of drug-likeness (QED) is 0.631. The van der Waals surface area contributed by atoms with E-state index in [4.69, 9.17) is 9.47 Å². The van der Waals surface area contributed by atoms with E-state index < -0.39 is 17.6 Å². The topological polar surface area (TPSA) is 86.7 Å². The highest BCUT2D eigenvalue weighted by molar-refractivity contribution is 8.19. The number of hydrogen-bond acceptors (Lipinski definition) is 10. The van der Waals surface area contributed by atoms with Crippen molar-refractivity contribution in [2.24, 2.45) is 0 Å². The Hall–Kier alpha value is -0.000000000000000167. The first-order chi connectivity index (χ1) is 11.6. The maximum Gasteiger partial charge on any atom is 0.186 e. The first-order valence-corrected chi connectivity index (χ1v) is 11.1. The van der Waals surface area contributed by atoms with Gasteiger partial charge in [0.1, 0.15) is 0 Å². The number of hydrogen-bond donors (Lipinski definition) is 0. The van der Waals surface area contributed by atoms with Gasteiger partial charge in [-0.3, -0.25) is 19.2 Å². The third kappa shape index (κ3) is 7.64. The van der Waals surface area contributed by atoms with Gasteiger partial charge in [0.25, 0.3) is 0 Å². The minimum atomic E-state index is -0.702. The molecule has 0 spiro atoms. The third-order valence-electron chi connectivity index (χ3n) is 3.18. The van der Waals surface area contributed by atoms with E-state index in [1.165, 1.54) is 34.8 Å². The van der Waals surface area contributed by atoms with Crippen LogP contribution in [0.2, 0.25) is 0 Å². The molecule has 0 N–H and O–H groups in total. The van der Waals surface area contributed by atoms with Crippen LogP contribution in [0.3, 0.4) is 0 Å².